The van der Waals surface area contributed by atoms with Gasteiger partial charge in [-0.25, -0.2) is 4.39 Å². The van der Waals surface area contributed by atoms with E-state index >= 15 is 0 Å². The highest BCUT2D eigenvalue weighted by Gasteiger charge is 2.23. The van der Waals surface area contributed by atoms with Crippen LogP contribution < -0.4 is 4.74 Å². The van der Waals surface area contributed by atoms with Crippen LogP contribution in [0, 0.1) is 17.6 Å². The summed E-state index contributed by atoms with van der Waals surface area (Å²) in [6, 6.07) is 2.84. The van der Waals surface area contributed by atoms with E-state index in [0.717, 1.165) is 18.4 Å². The highest BCUT2D eigenvalue weighted by molar-refractivity contribution is 5.33. The van der Waals surface area contributed by atoms with Crippen LogP contribution in [-0.2, 0) is 0 Å². The standard InChI is InChI=1S/C13H16F2O/c1-8(2)10-5-11(14)13(15)12(6-10)16-7-9-3-4-9/h5-6,8-9H,3-4,7H2,1-2H3. The second-order valence-corrected chi connectivity index (χ2v) is 4.72. The second-order valence-electron chi connectivity index (χ2n) is 4.72. The molecule has 1 nitrogen and oxygen atoms in total. The molecule has 0 spiro atoms. The number of ether oxygens (including phenoxy) is 1. The lowest BCUT2D eigenvalue weighted by atomic mass is 10.0. The quantitative estimate of drug-likeness (QED) is 0.757. The fourth-order valence-electron chi connectivity index (χ4n) is 1.51. The molecule has 0 saturated heterocycles. The van der Waals surface area contributed by atoms with Crippen LogP contribution >= 0.6 is 0 Å². The van der Waals surface area contributed by atoms with Gasteiger partial charge in [0.25, 0.3) is 0 Å². The SMILES string of the molecule is CC(C)c1cc(F)c(F)c(OCC2CC2)c1. The lowest BCUT2D eigenvalue weighted by Crippen LogP contribution is -2.03. The maximum Gasteiger partial charge on any atom is 0.200 e. The molecule has 1 aromatic rings. The second kappa shape index (κ2) is 4.40. The predicted molar refractivity (Wildman–Crippen MR) is 58.7 cm³/mol. The van der Waals surface area contributed by atoms with E-state index in [1.165, 1.54) is 6.07 Å². The van der Waals surface area contributed by atoms with Crippen molar-refractivity contribution in [2.24, 2.45) is 5.92 Å². The van der Waals surface area contributed by atoms with E-state index in [2.05, 4.69) is 0 Å². The molecule has 3 heteroatoms. The number of hydrogen-bond donors (Lipinski definition) is 0. The summed E-state index contributed by atoms with van der Waals surface area (Å²) < 4.78 is 32.0. The Hall–Kier alpha value is -1.12. The Kier molecular flexibility index (Phi) is 3.13. The van der Waals surface area contributed by atoms with E-state index < -0.39 is 11.6 Å². The van der Waals surface area contributed by atoms with E-state index in [1.54, 1.807) is 6.07 Å². The van der Waals surface area contributed by atoms with Crippen LogP contribution in [0.2, 0.25) is 0 Å². The Morgan fingerprint density at radius 2 is 2.00 bits per heavy atom. The van der Waals surface area contributed by atoms with Crippen molar-refractivity contribution in [3.05, 3.63) is 29.3 Å². The highest BCUT2D eigenvalue weighted by atomic mass is 19.2. The molecule has 1 aromatic carbocycles. The first kappa shape index (κ1) is 11.4. The molecule has 0 bridgehead atoms. The predicted octanol–water partition coefficient (Wildman–Crippen LogP) is 3.88. The monoisotopic (exact) mass is 226 g/mol. The van der Waals surface area contributed by atoms with Crippen LogP contribution in [0.3, 0.4) is 0 Å². The number of benzene rings is 1. The molecule has 1 fully saturated rings. The Morgan fingerprint density at radius 1 is 1.31 bits per heavy atom. The highest BCUT2D eigenvalue weighted by Crippen LogP contribution is 2.31. The lowest BCUT2D eigenvalue weighted by molar-refractivity contribution is 0.279. The van der Waals surface area contributed by atoms with Crippen LogP contribution in [0.4, 0.5) is 8.78 Å². The summed E-state index contributed by atoms with van der Waals surface area (Å²) in [6.07, 6.45) is 2.27. The summed E-state index contributed by atoms with van der Waals surface area (Å²) in [6.45, 7) is 4.38. The summed E-state index contributed by atoms with van der Waals surface area (Å²) in [5.41, 5.74) is 0.768. The van der Waals surface area contributed by atoms with Crippen LogP contribution in [-0.4, -0.2) is 6.61 Å². The van der Waals surface area contributed by atoms with Crippen molar-refractivity contribution in [2.75, 3.05) is 6.61 Å². The molecule has 1 saturated carbocycles. The summed E-state index contributed by atoms with van der Waals surface area (Å²) >= 11 is 0. The van der Waals surface area contributed by atoms with Crippen molar-refractivity contribution >= 4 is 0 Å². The molecule has 0 amide bonds. The number of hydrogen-bond acceptors (Lipinski definition) is 1. The number of halogens is 2. The van der Waals surface area contributed by atoms with Gasteiger partial charge in [-0.05, 0) is 42.4 Å². The first-order valence-corrected chi connectivity index (χ1v) is 5.69. The van der Waals surface area contributed by atoms with Gasteiger partial charge in [0.05, 0.1) is 6.61 Å². The molecule has 2 rings (SSSR count). The average molecular weight is 226 g/mol. The average Bonchev–Trinajstić information content (AvgIpc) is 3.03. The van der Waals surface area contributed by atoms with Gasteiger partial charge in [0, 0.05) is 0 Å². The van der Waals surface area contributed by atoms with E-state index in [9.17, 15) is 8.78 Å². The van der Waals surface area contributed by atoms with Crippen molar-refractivity contribution in [1.82, 2.24) is 0 Å². The van der Waals surface area contributed by atoms with E-state index in [1.807, 2.05) is 13.8 Å². The van der Waals surface area contributed by atoms with Crippen molar-refractivity contribution in [3.63, 3.8) is 0 Å². The van der Waals surface area contributed by atoms with Gasteiger partial charge < -0.3 is 4.74 Å². The van der Waals surface area contributed by atoms with Crippen molar-refractivity contribution < 1.29 is 13.5 Å². The third kappa shape index (κ3) is 2.52. The van der Waals surface area contributed by atoms with Crippen molar-refractivity contribution in [3.8, 4) is 5.75 Å². The summed E-state index contributed by atoms with van der Waals surface area (Å²) in [4.78, 5) is 0. The summed E-state index contributed by atoms with van der Waals surface area (Å²) in [5.74, 6) is -0.943. The van der Waals surface area contributed by atoms with Crippen LogP contribution in [0.25, 0.3) is 0 Å². The van der Waals surface area contributed by atoms with E-state index in [-0.39, 0.29) is 11.7 Å². The maximum absolute atomic E-state index is 13.4. The van der Waals surface area contributed by atoms with Gasteiger partial charge in [0.1, 0.15) is 0 Å². The van der Waals surface area contributed by atoms with Gasteiger partial charge >= 0.3 is 0 Å². The van der Waals surface area contributed by atoms with Crippen molar-refractivity contribution in [2.45, 2.75) is 32.6 Å². The third-order valence-corrected chi connectivity index (χ3v) is 2.86. The zero-order chi connectivity index (χ0) is 11.7. The van der Waals surface area contributed by atoms with Gasteiger partial charge in [-0.3, -0.25) is 0 Å². The molecule has 0 aromatic heterocycles. The van der Waals surface area contributed by atoms with Gasteiger partial charge in [-0.1, -0.05) is 13.8 Å². The molecule has 0 aliphatic heterocycles. The molecule has 0 unspecified atom stereocenters. The Balaban J connectivity index is 2.19. The Morgan fingerprint density at radius 3 is 2.56 bits per heavy atom. The molecular weight excluding hydrogens is 210 g/mol. The van der Waals surface area contributed by atoms with Crippen LogP contribution in [0.15, 0.2) is 12.1 Å². The first-order valence-electron chi connectivity index (χ1n) is 5.69. The Bertz CT molecular complexity index is 384. The molecule has 1 aliphatic carbocycles. The molecular formula is C13H16F2O. The van der Waals surface area contributed by atoms with Gasteiger partial charge in [0.15, 0.2) is 11.6 Å². The van der Waals surface area contributed by atoms with Gasteiger partial charge in [-0.2, -0.15) is 4.39 Å². The minimum absolute atomic E-state index is 0.0515. The summed E-state index contributed by atoms with van der Waals surface area (Å²) in [7, 11) is 0. The normalized spacial score (nSPS) is 15.6. The molecule has 0 radical (unpaired) electrons. The van der Waals surface area contributed by atoms with Crippen molar-refractivity contribution in [1.29, 1.82) is 0 Å². The van der Waals surface area contributed by atoms with E-state index in [0.29, 0.717) is 12.5 Å². The molecule has 0 atom stereocenters. The molecule has 0 heterocycles. The van der Waals surface area contributed by atoms with Crippen LogP contribution in [0.1, 0.15) is 38.2 Å². The maximum atomic E-state index is 13.4. The summed E-state index contributed by atoms with van der Waals surface area (Å²) in [5, 5.41) is 0. The zero-order valence-electron chi connectivity index (χ0n) is 9.59. The van der Waals surface area contributed by atoms with Gasteiger partial charge in [-0.15, -0.1) is 0 Å². The molecule has 0 N–H and O–H groups in total. The van der Waals surface area contributed by atoms with E-state index in [4.69, 9.17) is 4.74 Å². The lowest BCUT2D eigenvalue weighted by Gasteiger charge is -2.11. The van der Waals surface area contributed by atoms with Gasteiger partial charge in [0.2, 0.25) is 5.82 Å². The van der Waals surface area contributed by atoms with Crippen LogP contribution in [0.5, 0.6) is 5.75 Å². The molecule has 88 valence electrons. The number of rotatable bonds is 4. The smallest absolute Gasteiger partial charge is 0.200 e. The fraction of sp³-hybridized carbons (Fsp3) is 0.538. The Labute approximate surface area is 94.4 Å². The largest absolute Gasteiger partial charge is 0.490 e. The fourth-order valence-corrected chi connectivity index (χ4v) is 1.51. The minimum Gasteiger partial charge on any atom is -0.490 e. The third-order valence-electron chi connectivity index (χ3n) is 2.86. The zero-order valence-corrected chi connectivity index (χ0v) is 9.59. The molecule has 16 heavy (non-hydrogen) atoms. The topological polar surface area (TPSA) is 9.23 Å². The molecule has 1 aliphatic rings. The minimum atomic E-state index is -0.870. The first-order chi connectivity index (χ1) is 7.58.